The Hall–Kier alpha value is -0.630. The van der Waals surface area contributed by atoms with E-state index in [1.54, 1.807) is 7.11 Å². The average Bonchev–Trinajstić information content (AvgIpc) is 2.52. The van der Waals surface area contributed by atoms with E-state index in [-0.39, 0.29) is 24.0 Å². The van der Waals surface area contributed by atoms with Gasteiger partial charge in [-0.2, -0.15) is 11.8 Å². The van der Waals surface area contributed by atoms with Gasteiger partial charge in [0, 0.05) is 18.3 Å². The summed E-state index contributed by atoms with van der Waals surface area (Å²) in [5, 5.41) is 7.21. The van der Waals surface area contributed by atoms with E-state index in [9.17, 15) is 0 Å². The Labute approximate surface area is 162 Å². The molecule has 0 spiro atoms. The maximum Gasteiger partial charge on any atom is 0.191 e. The van der Waals surface area contributed by atoms with Crippen molar-refractivity contribution in [2.24, 2.45) is 4.99 Å². The van der Waals surface area contributed by atoms with Crippen LogP contribution in [0.3, 0.4) is 0 Å². The third-order valence-electron chi connectivity index (χ3n) is 3.38. The van der Waals surface area contributed by atoms with Gasteiger partial charge < -0.3 is 15.4 Å². The fourth-order valence-corrected chi connectivity index (χ4v) is 2.28. The summed E-state index contributed by atoms with van der Waals surface area (Å²) < 4.78 is 5.42. The van der Waals surface area contributed by atoms with Crippen molar-refractivity contribution < 1.29 is 4.74 Å². The second kappa shape index (κ2) is 12.8. The lowest BCUT2D eigenvalue weighted by Crippen LogP contribution is -2.38. The van der Waals surface area contributed by atoms with Crippen LogP contribution in [-0.2, 0) is 6.42 Å². The van der Waals surface area contributed by atoms with Crippen LogP contribution in [0.4, 0.5) is 0 Å². The Morgan fingerprint density at radius 1 is 1.35 bits per heavy atom. The highest BCUT2D eigenvalue weighted by atomic mass is 127. The highest BCUT2D eigenvalue weighted by Crippen LogP contribution is 2.19. The van der Waals surface area contributed by atoms with Gasteiger partial charge in [-0.3, -0.25) is 4.99 Å². The number of hydrogen-bond donors (Lipinski definition) is 2. The molecule has 2 N–H and O–H groups in total. The molecule has 0 aromatic heterocycles. The van der Waals surface area contributed by atoms with E-state index in [4.69, 9.17) is 4.74 Å². The van der Waals surface area contributed by atoms with Gasteiger partial charge >= 0.3 is 0 Å². The van der Waals surface area contributed by atoms with Crippen LogP contribution in [0.2, 0.25) is 0 Å². The standard InChI is InChI=1S/C17H29N3OS.HI/c1-6-18-17(20-12-14(3)22-5)19-10-9-15-11-13(2)7-8-16(15)21-4;/h7-8,11,14H,6,9-10,12H2,1-5H3,(H2,18,19,20);1H. The second-order valence-corrected chi connectivity index (χ2v) is 6.53. The molecule has 0 radical (unpaired) electrons. The topological polar surface area (TPSA) is 45.7 Å². The number of halogens is 1. The zero-order valence-electron chi connectivity index (χ0n) is 14.8. The Morgan fingerprint density at radius 3 is 2.70 bits per heavy atom. The van der Waals surface area contributed by atoms with Gasteiger partial charge in [0.25, 0.3) is 0 Å². The molecule has 0 saturated carbocycles. The molecule has 0 aliphatic carbocycles. The summed E-state index contributed by atoms with van der Waals surface area (Å²) in [6.45, 7) is 8.90. The number of benzene rings is 1. The van der Waals surface area contributed by atoms with Crippen molar-refractivity contribution in [3.8, 4) is 5.75 Å². The van der Waals surface area contributed by atoms with E-state index in [1.807, 2.05) is 17.8 Å². The molecule has 132 valence electrons. The number of guanidine groups is 1. The van der Waals surface area contributed by atoms with E-state index in [0.29, 0.717) is 5.25 Å². The summed E-state index contributed by atoms with van der Waals surface area (Å²) >= 11 is 1.83. The zero-order valence-corrected chi connectivity index (χ0v) is 18.0. The van der Waals surface area contributed by atoms with E-state index >= 15 is 0 Å². The molecule has 0 bridgehead atoms. The third kappa shape index (κ3) is 8.69. The Bertz CT molecular complexity index is 483. The molecule has 1 rings (SSSR count). The summed E-state index contributed by atoms with van der Waals surface area (Å²) in [7, 11) is 1.72. The van der Waals surface area contributed by atoms with Crippen molar-refractivity contribution in [3.05, 3.63) is 29.3 Å². The monoisotopic (exact) mass is 451 g/mol. The number of aryl methyl sites for hydroxylation is 1. The normalized spacial score (nSPS) is 12.3. The first-order valence-electron chi connectivity index (χ1n) is 7.79. The van der Waals surface area contributed by atoms with Gasteiger partial charge in [-0.25, -0.2) is 0 Å². The molecular formula is C17H30IN3OS. The Morgan fingerprint density at radius 2 is 2.09 bits per heavy atom. The number of ether oxygens (including phenoxy) is 1. The van der Waals surface area contributed by atoms with Crippen LogP contribution < -0.4 is 15.4 Å². The highest BCUT2D eigenvalue weighted by molar-refractivity contribution is 14.0. The first-order chi connectivity index (χ1) is 10.6. The minimum atomic E-state index is 0. The maximum absolute atomic E-state index is 5.42. The molecule has 4 nitrogen and oxygen atoms in total. The number of nitrogens with zero attached hydrogens (tertiary/aromatic N) is 1. The fourth-order valence-electron chi connectivity index (χ4n) is 2.05. The Kier molecular flexibility index (Phi) is 12.4. The van der Waals surface area contributed by atoms with Gasteiger partial charge in [0.2, 0.25) is 0 Å². The molecule has 1 unspecified atom stereocenters. The lowest BCUT2D eigenvalue weighted by atomic mass is 10.1. The molecule has 6 heteroatoms. The quantitative estimate of drug-likeness (QED) is 0.361. The highest BCUT2D eigenvalue weighted by Gasteiger charge is 2.04. The van der Waals surface area contributed by atoms with E-state index in [0.717, 1.165) is 37.8 Å². The molecule has 23 heavy (non-hydrogen) atoms. The maximum atomic E-state index is 5.42. The molecule has 0 fully saturated rings. The van der Waals surface area contributed by atoms with Crippen LogP contribution in [0.25, 0.3) is 0 Å². The minimum Gasteiger partial charge on any atom is -0.496 e. The predicted octanol–water partition coefficient (Wildman–Crippen LogP) is 3.47. The van der Waals surface area contributed by atoms with Crippen LogP contribution in [0.5, 0.6) is 5.75 Å². The van der Waals surface area contributed by atoms with Crippen molar-refractivity contribution in [2.75, 3.05) is 33.0 Å². The lowest BCUT2D eigenvalue weighted by molar-refractivity contribution is 0.409. The third-order valence-corrected chi connectivity index (χ3v) is 4.33. The smallest absolute Gasteiger partial charge is 0.191 e. The van der Waals surface area contributed by atoms with Gasteiger partial charge in [-0.15, -0.1) is 24.0 Å². The van der Waals surface area contributed by atoms with Crippen molar-refractivity contribution in [2.45, 2.75) is 32.4 Å². The van der Waals surface area contributed by atoms with Crippen LogP contribution in [0, 0.1) is 6.92 Å². The van der Waals surface area contributed by atoms with E-state index in [1.165, 1.54) is 11.1 Å². The number of nitrogens with one attached hydrogen (secondary N) is 2. The number of methoxy groups -OCH3 is 1. The summed E-state index contributed by atoms with van der Waals surface area (Å²) in [5.41, 5.74) is 2.48. The van der Waals surface area contributed by atoms with Crippen LogP contribution in [0.1, 0.15) is 25.0 Å². The van der Waals surface area contributed by atoms with Gasteiger partial charge in [0.05, 0.1) is 13.7 Å². The molecule has 1 aromatic rings. The van der Waals surface area contributed by atoms with Crippen LogP contribution in [0.15, 0.2) is 23.2 Å². The number of thioether (sulfide) groups is 1. The van der Waals surface area contributed by atoms with Crippen LogP contribution in [-0.4, -0.2) is 44.2 Å². The average molecular weight is 451 g/mol. The van der Waals surface area contributed by atoms with Gasteiger partial charge in [-0.1, -0.05) is 24.6 Å². The van der Waals surface area contributed by atoms with Crippen molar-refractivity contribution in [3.63, 3.8) is 0 Å². The van der Waals surface area contributed by atoms with E-state index in [2.05, 4.69) is 54.8 Å². The second-order valence-electron chi connectivity index (χ2n) is 5.26. The van der Waals surface area contributed by atoms with Gasteiger partial charge in [-0.05, 0) is 38.2 Å². The van der Waals surface area contributed by atoms with Crippen molar-refractivity contribution in [1.82, 2.24) is 10.6 Å². The fraction of sp³-hybridized carbons (Fsp3) is 0.588. The van der Waals surface area contributed by atoms with Gasteiger partial charge in [0.1, 0.15) is 5.75 Å². The molecule has 0 heterocycles. The number of rotatable bonds is 8. The minimum absolute atomic E-state index is 0. The molecule has 1 atom stereocenters. The lowest BCUT2D eigenvalue weighted by Gasteiger charge is -2.14. The molecule has 0 saturated heterocycles. The molecule has 1 aromatic carbocycles. The van der Waals surface area contributed by atoms with Crippen molar-refractivity contribution in [1.29, 1.82) is 0 Å². The Balaban J connectivity index is 0.00000484. The van der Waals surface area contributed by atoms with Crippen LogP contribution >= 0.6 is 35.7 Å². The summed E-state index contributed by atoms with van der Waals surface area (Å²) in [4.78, 5) is 4.62. The van der Waals surface area contributed by atoms with Gasteiger partial charge in [0.15, 0.2) is 5.96 Å². The predicted molar refractivity (Wildman–Crippen MR) is 114 cm³/mol. The first-order valence-corrected chi connectivity index (χ1v) is 9.08. The number of aliphatic imine (C=N–C) groups is 1. The molecule has 0 amide bonds. The van der Waals surface area contributed by atoms with E-state index < -0.39 is 0 Å². The first kappa shape index (κ1) is 22.4. The summed E-state index contributed by atoms with van der Waals surface area (Å²) in [6, 6.07) is 6.29. The zero-order chi connectivity index (χ0) is 16.4. The van der Waals surface area contributed by atoms with Crippen molar-refractivity contribution >= 4 is 41.7 Å². The largest absolute Gasteiger partial charge is 0.496 e. The molecule has 0 aliphatic heterocycles. The summed E-state index contributed by atoms with van der Waals surface area (Å²) in [5.74, 6) is 1.83. The molecule has 0 aliphatic rings. The SMILES string of the molecule is CCNC(=NCC(C)SC)NCCc1cc(C)ccc1OC.I. The number of hydrogen-bond acceptors (Lipinski definition) is 3. The summed E-state index contributed by atoms with van der Waals surface area (Å²) in [6.07, 6.45) is 3.03. The molecular weight excluding hydrogens is 421 g/mol.